The molecule has 3 aromatic rings. The summed E-state index contributed by atoms with van der Waals surface area (Å²) in [5.41, 5.74) is 2.23. The zero-order chi connectivity index (χ0) is 17.5. The van der Waals surface area contributed by atoms with Crippen LogP contribution in [0.25, 0.3) is 10.8 Å². The smallest absolute Gasteiger partial charge is 0.0931 e. The molecule has 1 unspecified atom stereocenters. The molecule has 0 fully saturated rings. The van der Waals surface area contributed by atoms with Crippen LogP contribution in [-0.2, 0) is 6.42 Å². The quantitative estimate of drug-likeness (QED) is 0.574. The number of halogens is 1. The van der Waals surface area contributed by atoms with Crippen molar-refractivity contribution in [2.24, 2.45) is 0 Å². The van der Waals surface area contributed by atoms with Gasteiger partial charge in [-0.3, -0.25) is 4.98 Å². The molecule has 1 aromatic heterocycles. The number of nitrogens with zero attached hydrogens (tertiary/aromatic N) is 2. The Morgan fingerprint density at radius 1 is 1.00 bits per heavy atom. The molecular formula is C22H27BrN2O. The van der Waals surface area contributed by atoms with Crippen LogP contribution in [0.1, 0.15) is 30.6 Å². The van der Waals surface area contributed by atoms with Gasteiger partial charge in [0.2, 0.25) is 0 Å². The molecule has 0 aliphatic carbocycles. The van der Waals surface area contributed by atoms with Gasteiger partial charge >= 0.3 is 0 Å². The molecule has 26 heavy (non-hydrogen) atoms. The van der Waals surface area contributed by atoms with E-state index in [9.17, 15) is 5.11 Å². The third-order valence-corrected chi connectivity index (χ3v) is 4.57. The highest BCUT2D eigenvalue weighted by Gasteiger charge is 2.13. The lowest BCUT2D eigenvalue weighted by atomic mass is 10.0. The Kier molecular flexibility index (Phi) is 8.23. The number of hydrogen-bond acceptors (Lipinski definition) is 3. The third kappa shape index (κ3) is 5.63. The number of aliphatic hydroxyl groups excluding tert-OH is 1. The first kappa shape index (κ1) is 20.6. The third-order valence-electron chi connectivity index (χ3n) is 4.57. The van der Waals surface area contributed by atoms with Crippen LogP contribution in [0.2, 0.25) is 0 Å². The number of aromatic nitrogens is 1. The lowest BCUT2D eigenvalue weighted by Gasteiger charge is -2.24. The second-order valence-corrected chi connectivity index (χ2v) is 6.53. The van der Waals surface area contributed by atoms with Gasteiger partial charge in [0, 0.05) is 31.0 Å². The van der Waals surface area contributed by atoms with Crippen molar-refractivity contribution in [3.8, 4) is 0 Å². The summed E-state index contributed by atoms with van der Waals surface area (Å²) in [6.07, 6.45) is 5.07. The van der Waals surface area contributed by atoms with Gasteiger partial charge < -0.3 is 10.0 Å². The van der Waals surface area contributed by atoms with Crippen molar-refractivity contribution < 1.29 is 5.11 Å². The molecule has 0 saturated heterocycles. The topological polar surface area (TPSA) is 36.4 Å². The van der Waals surface area contributed by atoms with E-state index in [4.69, 9.17) is 0 Å². The van der Waals surface area contributed by atoms with Gasteiger partial charge in [-0.1, -0.05) is 55.5 Å². The Morgan fingerprint density at radius 3 is 2.54 bits per heavy atom. The first-order chi connectivity index (χ1) is 12.3. The second kappa shape index (κ2) is 10.4. The van der Waals surface area contributed by atoms with Crippen molar-refractivity contribution in [2.75, 3.05) is 19.6 Å². The highest BCUT2D eigenvalue weighted by Crippen LogP contribution is 2.17. The van der Waals surface area contributed by atoms with Gasteiger partial charge in [-0.2, -0.15) is 0 Å². The predicted molar refractivity (Wildman–Crippen MR) is 114 cm³/mol. The Bertz CT molecular complexity index is 794. The van der Waals surface area contributed by atoms with Crippen molar-refractivity contribution in [3.63, 3.8) is 0 Å². The molecule has 2 aromatic carbocycles. The SMILES string of the molecule is Br.CCCN(CCc1ccc2ccccc2c1)CC(O)c1cccnc1. The van der Waals surface area contributed by atoms with Gasteiger partial charge in [0.25, 0.3) is 0 Å². The summed E-state index contributed by atoms with van der Waals surface area (Å²) < 4.78 is 0. The fourth-order valence-electron chi connectivity index (χ4n) is 3.22. The predicted octanol–water partition coefficient (Wildman–Crippen LogP) is 4.80. The summed E-state index contributed by atoms with van der Waals surface area (Å²) >= 11 is 0. The Hall–Kier alpha value is -1.75. The van der Waals surface area contributed by atoms with E-state index in [2.05, 4.69) is 59.3 Å². The van der Waals surface area contributed by atoms with Gasteiger partial charge in [0.05, 0.1) is 6.10 Å². The van der Waals surface area contributed by atoms with E-state index < -0.39 is 6.10 Å². The molecule has 0 aliphatic heterocycles. The summed E-state index contributed by atoms with van der Waals surface area (Å²) in [7, 11) is 0. The zero-order valence-electron chi connectivity index (χ0n) is 15.2. The van der Waals surface area contributed by atoms with Crippen LogP contribution in [0.15, 0.2) is 67.0 Å². The van der Waals surface area contributed by atoms with E-state index in [1.807, 2.05) is 12.1 Å². The number of rotatable bonds is 8. The minimum absolute atomic E-state index is 0. The van der Waals surface area contributed by atoms with Crippen LogP contribution in [0.3, 0.4) is 0 Å². The van der Waals surface area contributed by atoms with Crippen LogP contribution in [0.5, 0.6) is 0 Å². The fourth-order valence-corrected chi connectivity index (χ4v) is 3.22. The number of hydrogen-bond donors (Lipinski definition) is 1. The number of fused-ring (bicyclic) bond motifs is 1. The molecule has 0 bridgehead atoms. The van der Waals surface area contributed by atoms with Crippen LogP contribution >= 0.6 is 17.0 Å². The van der Waals surface area contributed by atoms with Crippen molar-refractivity contribution in [1.29, 1.82) is 0 Å². The van der Waals surface area contributed by atoms with Crippen LogP contribution in [0.4, 0.5) is 0 Å². The molecule has 138 valence electrons. The standard InChI is InChI=1S/C22H26N2O.BrH/c1-2-13-24(17-22(25)21-8-5-12-23-16-21)14-11-18-9-10-19-6-3-4-7-20(19)15-18;/h3-10,12,15-16,22,25H,2,11,13-14,17H2,1H3;1H. The molecule has 0 radical (unpaired) electrons. The van der Waals surface area contributed by atoms with Crippen LogP contribution < -0.4 is 0 Å². The fraction of sp³-hybridized carbons (Fsp3) is 0.318. The molecule has 1 atom stereocenters. The number of pyridine rings is 1. The maximum Gasteiger partial charge on any atom is 0.0931 e. The zero-order valence-corrected chi connectivity index (χ0v) is 16.9. The van der Waals surface area contributed by atoms with Crippen LogP contribution in [-0.4, -0.2) is 34.6 Å². The number of aliphatic hydroxyl groups is 1. The molecule has 0 aliphatic rings. The normalized spacial score (nSPS) is 12.1. The summed E-state index contributed by atoms with van der Waals surface area (Å²) in [4.78, 5) is 6.44. The van der Waals surface area contributed by atoms with Crippen LogP contribution in [0, 0.1) is 0 Å². The molecule has 3 nitrogen and oxygen atoms in total. The minimum Gasteiger partial charge on any atom is -0.387 e. The Morgan fingerprint density at radius 2 is 1.81 bits per heavy atom. The second-order valence-electron chi connectivity index (χ2n) is 6.53. The largest absolute Gasteiger partial charge is 0.387 e. The summed E-state index contributed by atoms with van der Waals surface area (Å²) in [5.74, 6) is 0. The van der Waals surface area contributed by atoms with E-state index in [-0.39, 0.29) is 17.0 Å². The van der Waals surface area contributed by atoms with E-state index >= 15 is 0 Å². The van der Waals surface area contributed by atoms with Crippen molar-refractivity contribution in [1.82, 2.24) is 9.88 Å². The van der Waals surface area contributed by atoms with Gasteiger partial charge in [-0.05, 0) is 41.8 Å². The van der Waals surface area contributed by atoms with Crippen molar-refractivity contribution >= 4 is 27.8 Å². The molecular weight excluding hydrogens is 388 g/mol. The molecule has 4 heteroatoms. The maximum absolute atomic E-state index is 10.5. The lowest BCUT2D eigenvalue weighted by Crippen LogP contribution is -2.31. The van der Waals surface area contributed by atoms with Gasteiger partial charge in [-0.25, -0.2) is 0 Å². The van der Waals surface area contributed by atoms with Crippen molar-refractivity contribution in [3.05, 3.63) is 78.1 Å². The molecule has 0 spiro atoms. The van der Waals surface area contributed by atoms with Gasteiger partial charge in [-0.15, -0.1) is 17.0 Å². The van der Waals surface area contributed by atoms with E-state index in [1.54, 1.807) is 12.4 Å². The first-order valence-corrected chi connectivity index (χ1v) is 9.04. The lowest BCUT2D eigenvalue weighted by molar-refractivity contribution is 0.113. The number of benzene rings is 2. The Balaban J connectivity index is 0.00000243. The highest BCUT2D eigenvalue weighted by molar-refractivity contribution is 8.93. The molecule has 0 saturated carbocycles. The molecule has 3 rings (SSSR count). The van der Waals surface area contributed by atoms with E-state index in [0.29, 0.717) is 6.54 Å². The van der Waals surface area contributed by atoms with E-state index in [1.165, 1.54) is 16.3 Å². The van der Waals surface area contributed by atoms with Crippen molar-refractivity contribution in [2.45, 2.75) is 25.9 Å². The average Bonchev–Trinajstić information content (AvgIpc) is 2.67. The maximum atomic E-state index is 10.5. The van der Waals surface area contributed by atoms with Gasteiger partial charge in [0.1, 0.15) is 0 Å². The molecule has 0 amide bonds. The molecule has 1 heterocycles. The highest BCUT2D eigenvalue weighted by atomic mass is 79.9. The Labute approximate surface area is 166 Å². The molecule has 1 N–H and O–H groups in total. The average molecular weight is 415 g/mol. The van der Waals surface area contributed by atoms with E-state index in [0.717, 1.165) is 31.5 Å². The first-order valence-electron chi connectivity index (χ1n) is 9.04. The van der Waals surface area contributed by atoms with Gasteiger partial charge in [0.15, 0.2) is 0 Å². The summed E-state index contributed by atoms with van der Waals surface area (Å²) in [5, 5.41) is 13.0. The summed E-state index contributed by atoms with van der Waals surface area (Å²) in [6, 6.07) is 19.0. The monoisotopic (exact) mass is 414 g/mol. The minimum atomic E-state index is -0.489. The summed E-state index contributed by atoms with van der Waals surface area (Å²) in [6.45, 7) is 4.76.